The number of allylic oxidation sites excluding steroid dienone is 3. The van der Waals surface area contributed by atoms with Gasteiger partial charge in [0.25, 0.3) is 0 Å². The number of carbonyl (C=O) groups excluding carboxylic acids is 1. The van der Waals surface area contributed by atoms with E-state index >= 15 is 0 Å². The molecule has 2 nitrogen and oxygen atoms in total. The van der Waals surface area contributed by atoms with Crippen molar-refractivity contribution in [1.82, 2.24) is 5.32 Å². The van der Waals surface area contributed by atoms with Gasteiger partial charge in [0.1, 0.15) is 0 Å². The maximum absolute atomic E-state index is 10.7. The fraction of sp³-hybridized carbons (Fsp3) is 0. The molecule has 0 aliphatic carbocycles. The first-order valence-electron chi connectivity index (χ1n) is 3.13. The summed E-state index contributed by atoms with van der Waals surface area (Å²) in [4.78, 5) is 10.7. The van der Waals surface area contributed by atoms with Crippen molar-refractivity contribution in [2.75, 3.05) is 0 Å². The smallest absolute Gasteiger partial charge is 0.247 e. The molecule has 0 rings (SSSR count). The number of hydrogen-bond acceptors (Lipinski definition) is 1. The number of carbonyl (C=O) groups is 1. The zero-order valence-corrected chi connectivity index (χ0v) is 6.34. The molecule has 0 atom stereocenters. The number of rotatable bonds is 4. The predicted octanol–water partition coefficient (Wildman–Crippen LogP) is 1.54. The Morgan fingerprint density at radius 2 is 1.82 bits per heavy atom. The van der Waals surface area contributed by atoms with Gasteiger partial charge in [0.15, 0.2) is 0 Å². The van der Waals surface area contributed by atoms with Crippen LogP contribution in [0.25, 0.3) is 0 Å². The topological polar surface area (TPSA) is 29.1 Å². The molecule has 0 spiro atoms. The molecule has 0 radical (unpaired) electrons. The Balaban J connectivity index is 4.19. The summed E-state index contributed by atoms with van der Waals surface area (Å²) in [5.74, 6) is -0.252. The van der Waals surface area contributed by atoms with E-state index in [-0.39, 0.29) is 5.91 Å². The Labute approximate surface area is 66.6 Å². The fourth-order valence-electron chi connectivity index (χ4n) is 0.481. The highest BCUT2D eigenvalue weighted by molar-refractivity contribution is 5.88. The van der Waals surface area contributed by atoms with Gasteiger partial charge < -0.3 is 5.32 Å². The molecule has 0 aliphatic heterocycles. The van der Waals surface area contributed by atoms with E-state index in [4.69, 9.17) is 0 Å². The van der Waals surface area contributed by atoms with Gasteiger partial charge in [0, 0.05) is 5.70 Å². The number of hydrogen-bond donors (Lipinski definition) is 1. The van der Waals surface area contributed by atoms with Crippen LogP contribution in [0.5, 0.6) is 0 Å². The lowest BCUT2D eigenvalue weighted by Gasteiger charge is -1.99. The highest BCUT2D eigenvalue weighted by atomic mass is 16.1. The van der Waals surface area contributed by atoms with Crippen LogP contribution in [0.2, 0.25) is 0 Å². The molecular weight excluding hydrogens is 138 g/mol. The molecule has 0 saturated heterocycles. The molecule has 0 aliphatic rings. The van der Waals surface area contributed by atoms with E-state index in [0.717, 1.165) is 0 Å². The lowest BCUT2D eigenvalue weighted by molar-refractivity contribution is -0.115. The second-order valence-electron chi connectivity index (χ2n) is 1.76. The standard InChI is InChI=1S/C9H11NO/c1-4-7-8(5-2)10-9(11)6-3/h4-7H,1-3H2,(H,10,11)/b8-7+. The summed E-state index contributed by atoms with van der Waals surface area (Å²) in [5, 5.41) is 2.53. The first-order chi connectivity index (χ1) is 5.24. The highest BCUT2D eigenvalue weighted by Crippen LogP contribution is 1.89. The summed E-state index contributed by atoms with van der Waals surface area (Å²) in [6.45, 7) is 10.3. The second kappa shape index (κ2) is 5.23. The monoisotopic (exact) mass is 149 g/mol. The Bertz CT molecular complexity index is 214. The molecule has 11 heavy (non-hydrogen) atoms. The summed E-state index contributed by atoms with van der Waals surface area (Å²) in [6, 6.07) is 0. The Hall–Kier alpha value is -1.57. The highest BCUT2D eigenvalue weighted by Gasteiger charge is 1.93. The quantitative estimate of drug-likeness (QED) is 0.477. The van der Waals surface area contributed by atoms with Gasteiger partial charge in [-0.25, -0.2) is 0 Å². The third-order valence-electron chi connectivity index (χ3n) is 0.970. The third kappa shape index (κ3) is 3.92. The van der Waals surface area contributed by atoms with Gasteiger partial charge in [-0.15, -0.1) is 0 Å². The van der Waals surface area contributed by atoms with E-state index in [2.05, 4.69) is 25.1 Å². The molecule has 0 heterocycles. The summed E-state index contributed by atoms with van der Waals surface area (Å²) in [5.41, 5.74) is 0.616. The van der Waals surface area contributed by atoms with Crippen LogP contribution >= 0.6 is 0 Å². The van der Waals surface area contributed by atoms with E-state index in [9.17, 15) is 4.79 Å². The van der Waals surface area contributed by atoms with Crippen LogP contribution < -0.4 is 5.32 Å². The van der Waals surface area contributed by atoms with Crippen molar-refractivity contribution >= 4 is 5.91 Å². The fourth-order valence-corrected chi connectivity index (χ4v) is 0.481. The van der Waals surface area contributed by atoms with Crippen molar-refractivity contribution in [2.24, 2.45) is 0 Å². The van der Waals surface area contributed by atoms with Gasteiger partial charge in [-0.05, 0) is 18.2 Å². The first kappa shape index (κ1) is 9.43. The lowest BCUT2D eigenvalue weighted by Crippen LogP contribution is -2.18. The van der Waals surface area contributed by atoms with Crippen molar-refractivity contribution < 1.29 is 4.79 Å². The molecule has 0 aromatic heterocycles. The van der Waals surface area contributed by atoms with Crippen LogP contribution in [0.4, 0.5) is 0 Å². The summed E-state index contributed by atoms with van der Waals surface area (Å²) in [7, 11) is 0. The van der Waals surface area contributed by atoms with E-state index in [0.29, 0.717) is 5.70 Å². The van der Waals surface area contributed by atoms with Crippen LogP contribution in [0.15, 0.2) is 49.7 Å². The molecule has 0 aromatic rings. The molecule has 1 amide bonds. The van der Waals surface area contributed by atoms with Crippen molar-refractivity contribution in [2.45, 2.75) is 0 Å². The van der Waals surface area contributed by atoms with Gasteiger partial charge in [-0.3, -0.25) is 4.79 Å². The zero-order valence-electron chi connectivity index (χ0n) is 6.34. The lowest BCUT2D eigenvalue weighted by atomic mass is 10.3. The number of nitrogens with one attached hydrogen (secondary N) is 1. The van der Waals surface area contributed by atoms with Crippen molar-refractivity contribution in [3.8, 4) is 0 Å². The van der Waals surface area contributed by atoms with Crippen LogP contribution in [0.1, 0.15) is 0 Å². The SMILES string of the molecule is C=C/C=C(\C=C)NC(=O)C=C. The largest absolute Gasteiger partial charge is 0.323 e. The normalized spacial score (nSPS) is 10.0. The molecule has 0 fully saturated rings. The maximum Gasteiger partial charge on any atom is 0.247 e. The van der Waals surface area contributed by atoms with Crippen LogP contribution in [0.3, 0.4) is 0 Å². The van der Waals surface area contributed by atoms with Crippen LogP contribution in [-0.2, 0) is 4.79 Å². The summed E-state index contributed by atoms with van der Waals surface area (Å²) in [6.07, 6.45) is 5.94. The molecule has 2 heteroatoms. The minimum absolute atomic E-state index is 0.252. The van der Waals surface area contributed by atoms with Gasteiger partial charge in [0.2, 0.25) is 5.91 Å². The molecule has 58 valence electrons. The average molecular weight is 149 g/mol. The van der Waals surface area contributed by atoms with Crippen LogP contribution in [0, 0.1) is 0 Å². The minimum Gasteiger partial charge on any atom is -0.323 e. The van der Waals surface area contributed by atoms with Gasteiger partial charge in [0.05, 0.1) is 0 Å². The van der Waals surface area contributed by atoms with E-state index < -0.39 is 0 Å². The predicted molar refractivity (Wildman–Crippen MR) is 46.8 cm³/mol. The number of amides is 1. The Morgan fingerprint density at radius 3 is 2.18 bits per heavy atom. The molecule has 0 saturated carbocycles. The summed E-state index contributed by atoms with van der Waals surface area (Å²) < 4.78 is 0. The Kier molecular flexibility index (Phi) is 4.49. The molecule has 0 bridgehead atoms. The first-order valence-corrected chi connectivity index (χ1v) is 3.13. The van der Waals surface area contributed by atoms with Crippen LogP contribution in [-0.4, -0.2) is 5.91 Å². The average Bonchev–Trinajstić information content (AvgIpc) is 2.03. The van der Waals surface area contributed by atoms with Gasteiger partial charge >= 0.3 is 0 Å². The Morgan fingerprint density at radius 1 is 1.18 bits per heavy atom. The second-order valence-corrected chi connectivity index (χ2v) is 1.76. The maximum atomic E-state index is 10.7. The zero-order chi connectivity index (χ0) is 8.69. The van der Waals surface area contributed by atoms with Crippen molar-refractivity contribution in [3.63, 3.8) is 0 Å². The summed E-state index contributed by atoms with van der Waals surface area (Å²) >= 11 is 0. The van der Waals surface area contributed by atoms with E-state index in [1.807, 2.05) is 0 Å². The van der Waals surface area contributed by atoms with Crippen molar-refractivity contribution in [1.29, 1.82) is 0 Å². The van der Waals surface area contributed by atoms with E-state index in [1.54, 1.807) is 12.2 Å². The molecule has 0 aromatic carbocycles. The van der Waals surface area contributed by atoms with Gasteiger partial charge in [-0.1, -0.05) is 25.8 Å². The minimum atomic E-state index is -0.252. The van der Waals surface area contributed by atoms with Crippen molar-refractivity contribution in [3.05, 3.63) is 49.7 Å². The third-order valence-corrected chi connectivity index (χ3v) is 0.970. The molecule has 1 N–H and O–H groups in total. The molecule has 0 unspecified atom stereocenters. The van der Waals surface area contributed by atoms with Gasteiger partial charge in [-0.2, -0.15) is 0 Å². The molecular formula is C9H11NO. The van der Waals surface area contributed by atoms with E-state index in [1.165, 1.54) is 12.2 Å².